The molecule has 158 valence electrons. The summed E-state index contributed by atoms with van der Waals surface area (Å²) in [5.74, 6) is -0.499. The van der Waals surface area contributed by atoms with Crippen LogP contribution in [-0.4, -0.2) is 34.0 Å². The molecule has 1 atom stereocenters. The molecular formula is C19H20F4N2O3S. The monoisotopic (exact) mass is 432 g/mol. The van der Waals surface area contributed by atoms with Gasteiger partial charge < -0.3 is 10.1 Å². The second kappa shape index (κ2) is 8.58. The molecule has 0 fully saturated rings. The molecule has 0 amide bonds. The summed E-state index contributed by atoms with van der Waals surface area (Å²) in [6.07, 6.45) is -2.55. The van der Waals surface area contributed by atoms with Crippen LogP contribution in [0.4, 0.5) is 23.2 Å². The fraction of sp³-hybridized carbons (Fsp3) is 0.368. The number of benzene rings is 2. The molecule has 0 heterocycles. The lowest BCUT2D eigenvalue weighted by Gasteiger charge is -2.26. The van der Waals surface area contributed by atoms with Crippen molar-refractivity contribution in [2.24, 2.45) is 0 Å². The van der Waals surface area contributed by atoms with Crippen molar-refractivity contribution in [3.8, 4) is 5.75 Å². The third-order valence-corrected chi connectivity index (χ3v) is 5.98. The summed E-state index contributed by atoms with van der Waals surface area (Å²) >= 11 is 0. The SMILES string of the molecule is O=S(=O)(Nc1ccc2c(c1)CC[C@H](NCCF)C2)c1ccc(OC(F)(F)F)cc1. The fourth-order valence-corrected chi connectivity index (χ4v) is 4.34. The number of nitrogens with one attached hydrogen (secondary N) is 2. The van der Waals surface area contributed by atoms with Gasteiger partial charge in [-0.1, -0.05) is 6.07 Å². The highest BCUT2D eigenvalue weighted by Crippen LogP contribution is 2.27. The van der Waals surface area contributed by atoms with Crippen LogP contribution < -0.4 is 14.8 Å². The Morgan fingerprint density at radius 2 is 1.79 bits per heavy atom. The minimum Gasteiger partial charge on any atom is -0.406 e. The summed E-state index contributed by atoms with van der Waals surface area (Å²) < 4.78 is 80.2. The molecule has 0 aromatic heterocycles. The third-order valence-electron chi connectivity index (χ3n) is 4.58. The van der Waals surface area contributed by atoms with Crippen molar-refractivity contribution in [2.75, 3.05) is 17.9 Å². The van der Waals surface area contributed by atoms with E-state index in [1.54, 1.807) is 12.1 Å². The molecule has 2 aromatic rings. The molecule has 1 aliphatic carbocycles. The lowest BCUT2D eigenvalue weighted by atomic mass is 9.88. The quantitative estimate of drug-likeness (QED) is 0.653. The number of halogens is 4. The largest absolute Gasteiger partial charge is 0.573 e. The number of fused-ring (bicyclic) bond motifs is 1. The zero-order valence-electron chi connectivity index (χ0n) is 15.3. The van der Waals surface area contributed by atoms with E-state index in [0.717, 1.165) is 54.7 Å². The minimum atomic E-state index is -4.85. The number of hydrogen-bond donors (Lipinski definition) is 2. The van der Waals surface area contributed by atoms with Gasteiger partial charge in [0.15, 0.2) is 0 Å². The van der Waals surface area contributed by atoms with Crippen LogP contribution in [0.15, 0.2) is 47.4 Å². The van der Waals surface area contributed by atoms with Crippen LogP contribution in [0.1, 0.15) is 17.5 Å². The van der Waals surface area contributed by atoms with Crippen molar-refractivity contribution in [1.82, 2.24) is 5.32 Å². The lowest BCUT2D eigenvalue weighted by molar-refractivity contribution is -0.274. The first-order valence-corrected chi connectivity index (χ1v) is 10.4. The van der Waals surface area contributed by atoms with Crippen molar-refractivity contribution < 1.29 is 30.7 Å². The first-order valence-electron chi connectivity index (χ1n) is 8.96. The molecule has 0 radical (unpaired) electrons. The molecule has 2 aromatic carbocycles. The number of rotatable bonds is 7. The van der Waals surface area contributed by atoms with Crippen molar-refractivity contribution in [1.29, 1.82) is 0 Å². The maximum absolute atomic E-state index is 12.5. The highest BCUT2D eigenvalue weighted by Gasteiger charge is 2.31. The Morgan fingerprint density at radius 3 is 2.45 bits per heavy atom. The Balaban J connectivity index is 1.69. The van der Waals surface area contributed by atoms with Gasteiger partial charge in [0.2, 0.25) is 0 Å². The van der Waals surface area contributed by atoms with Crippen LogP contribution in [0.3, 0.4) is 0 Å². The summed E-state index contributed by atoms with van der Waals surface area (Å²) in [5.41, 5.74) is 2.45. The Kier molecular flexibility index (Phi) is 6.33. The van der Waals surface area contributed by atoms with Gasteiger partial charge in [0, 0.05) is 18.3 Å². The van der Waals surface area contributed by atoms with Gasteiger partial charge in [-0.2, -0.15) is 0 Å². The van der Waals surface area contributed by atoms with Gasteiger partial charge in [-0.15, -0.1) is 13.2 Å². The number of hydrogen-bond acceptors (Lipinski definition) is 4. The molecule has 1 aliphatic rings. The Labute approximate surface area is 166 Å². The van der Waals surface area contributed by atoms with E-state index in [1.165, 1.54) is 0 Å². The Hall–Kier alpha value is -2.33. The number of aryl methyl sites for hydroxylation is 1. The molecule has 0 bridgehead atoms. The van der Waals surface area contributed by atoms with Crippen molar-refractivity contribution >= 4 is 15.7 Å². The zero-order chi connectivity index (χ0) is 21.1. The van der Waals surface area contributed by atoms with Gasteiger partial charge >= 0.3 is 6.36 Å². The van der Waals surface area contributed by atoms with E-state index in [4.69, 9.17) is 0 Å². The van der Waals surface area contributed by atoms with Crippen LogP contribution in [0.5, 0.6) is 5.75 Å². The summed E-state index contributed by atoms with van der Waals surface area (Å²) in [7, 11) is -3.96. The van der Waals surface area contributed by atoms with E-state index in [1.807, 2.05) is 6.07 Å². The van der Waals surface area contributed by atoms with Crippen molar-refractivity contribution in [3.05, 3.63) is 53.6 Å². The smallest absolute Gasteiger partial charge is 0.406 e. The van der Waals surface area contributed by atoms with Crippen LogP contribution in [0, 0.1) is 0 Å². The highest BCUT2D eigenvalue weighted by molar-refractivity contribution is 7.92. The average Bonchev–Trinajstić information content (AvgIpc) is 2.65. The predicted molar refractivity (Wildman–Crippen MR) is 100 cm³/mol. The van der Waals surface area contributed by atoms with Gasteiger partial charge in [0.1, 0.15) is 12.4 Å². The second-order valence-corrected chi connectivity index (χ2v) is 8.37. The molecule has 0 spiro atoms. The molecule has 10 heteroatoms. The molecule has 2 N–H and O–H groups in total. The average molecular weight is 432 g/mol. The standard InChI is InChI=1S/C19H20F4N2O3S/c20-9-10-24-15-3-1-14-12-16(4-2-13(14)11-15)25-29(26,27)18-7-5-17(6-8-18)28-19(21,22)23/h2,4-8,12,15,24-25H,1,3,9-11H2/t15-/m0/s1. The molecule has 0 saturated heterocycles. The van der Waals surface area contributed by atoms with Gasteiger partial charge in [-0.25, -0.2) is 12.8 Å². The second-order valence-electron chi connectivity index (χ2n) is 6.69. The fourth-order valence-electron chi connectivity index (χ4n) is 3.29. The molecule has 0 saturated carbocycles. The van der Waals surface area contributed by atoms with E-state index in [9.17, 15) is 26.0 Å². The van der Waals surface area contributed by atoms with Gasteiger partial charge in [0.05, 0.1) is 4.90 Å². The zero-order valence-corrected chi connectivity index (χ0v) is 16.1. The van der Waals surface area contributed by atoms with Crippen LogP contribution >= 0.6 is 0 Å². The van der Waals surface area contributed by atoms with Gasteiger partial charge in [0.25, 0.3) is 10.0 Å². The van der Waals surface area contributed by atoms with Crippen molar-refractivity contribution in [3.63, 3.8) is 0 Å². The van der Waals surface area contributed by atoms with Gasteiger partial charge in [-0.05, 0) is 66.8 Å². The van der Waals surface area contributed by atoms with Crippen molar-refractivity contribution in [2.45, 2.75) is 36.6 Å². The van der Waals surface area contributed by atoms with Crippen LogP contribution in [0.25, 0.3) is 0 Å². The number of alkyl halides is 4. The predicted octanol–water partition coefficient (Wildman–Crippen LogP) is 3.80. The van der Waals surface area contributed by atoms with Crippen LogP contribution in [0.2, 0.25) is 0 Å². The first-order chi connectivity index (χ1) is 13.7. The maximum Gasteiger partial charge on any atom is 0.573 e. The maximum atomic E-state index is 12.5. The Bertz CT molecular complexity index is 947. The number of ether oxygens (including phenoxy) is 1. The van der Waals surface area contributed by atoms with E-state index < -0.39 is 28.8 Å². The number of anilines is 1. The molecule has 29 heavy (non-hydrogen) atoms. The lowest BCUT2D eigenvalue weighted by Crippen LogP contribution is -2.35. The Morgan fingerprint density at radius 1 is 1.07 bits per heavy atom. The summed E-state index contributed by atoms with van der Waals surface area (Å²) in [6.45, 7) is -0.113. The van der Waals surface area contributed by atoms with E-state index in [2.05, 4.69) is 14.8 Å². The molecule has 5 nitrogen and oxygen atoms in total. The van der Waals surface area contributed by atoms with E-state index >= 15 is 0 Å². The normalized spacial score (nSPS) is 16.9. The molecule has 0 aliphatic heterocycles. The molecular weight excluding hydrogens is 412 g/mol. The van der Waals surface area contributed by atoms with Crippen LogP contribution in [-0.2, 0) is 22.9 Å². The number of sulfonamides is 1. The minimum absolute atomic E-state index is 0.180. The first kappa shape index (κ1) is 21.4. The molecule has 0 unspecified atom stereocenters. The van der Waals surface area contributed by atoms with Gasteiger partial charge in [-0.3, -0.25) is 4.72 Å². The third kappa shape index (κ3) is 5.83. The topological polar surface area (TPSA) is 67.4 Å². The van der Waals surface area contributed by atoms with E-state index in [-0.39, 0.29) is 10.9 Å². The molecule has 3 rings (SSSR count). The van der Waals surface area contributed by atoms with E-state index in [0.29, 0.717) is 12.2 Å². The highest BCUT2D eigenvalue weighted by atomic mass is 32.2. The summed E-state index contributed by atoms with van der Waals surface area (Å²) in [6, 6.07) is 9.38. The summed E-state index contributed by atoms with van der Waals surface area (Å²) in [5, 5.41) is 3.14. The summed E-state index contributed by atoms with van der Waals surface area (Å²) in [4.78, 5) is -0.180.